The standard InChI is InChI=1S/C2H5NO4S2/c1-8-9(6,7)2-3(4)5/h2H2,1H3. The minimum Gasteiger partial charge on any atom is -0.263 e. The molecule has 0 atom stereocenters. The summed E-state index contributed by atoms with van der Waals surface area (Å²) in [6.45, 7) is 0. The predicted molar refractivity (Wildman–Crippen MR) is 34.3 cm³/mol. The van der Waals surface area contributed by atoms with Gasteiger partial charge in [-0.25, -0.2) is 8.42 Å². The highest BCUT2D eigenvalue weighted by Crippen LogP contribution is 2.06. The Bertz CT molecular complexity index is 195. The number of rotatable bonds is 3. The van der Waals surface area contributed by atoms with Gasteiger partial charge < -0.3 is 0 Å². The van der Waals surface area contributed by atoms with Gasteiger partial charge in [0.15, 0.2) is 0 Å². The number of nitro groups is 1. The van der Waals surface area contributed by atoms with Gasteiger partial charge in [0, 0.05) is 4.92 Å². The Morgan fingerprint density at radius 1 is 1.67 bits per heavy atom. The minimum atomic E-state index is -3.50. The summed E-state index contributed by atoms with van der Waals surface area (Å²) >= 11 is 0. The van der Waals surface area contributed by atoms with Crippen LogP contribution in [0.3, 0.4) is 0 Å². The number of nitrogens with zero attached hydrogens (tertiary/aromatic N) is 1. The molecule has 0 N–H and O–H groups in total. The highest BCUT2D eigenvalue weighted by atomic mass is 33.1. The van der Waals surface area contributed by atoms with Gasteiger partial charge in [-0.3, -0.25) is 10.1 Å². The summed E-state index contributed by atoms with van der Waals surface area (Å²) < 4.78 is 20.7. The van der Waals surface area contributed by atoms with Crippen LogP contribution in [0.1, 0.15) is 0 Å². The molecule has 0 rings (SSSR count). The lowest BCUT2D eigenvalue weighted by molar-refractivity contribution is -0.458. The van der Waals surface area contributed by atoms with Crippen LogP contribution in [0.4, 0.5) is 0 Å². The van der Waals surface area contributed by atoms with E-state index in [1.165, 1.54) is 6.26 Å². The number of hydrogen-bond acceptors (Lipinski definition) is 5. The van der Waals surface area contributed by atoms with Gasteiger partial charge in [0.05, 0.1) is 0 Å². The lowest BCUT2D eigenvalue weighted by atomic mass is 11.5. The van der Waals surface area contributed by atoms with Crippen molar-refractivity contribution in [3.05, 3.63) is 10.1 Å². The summed E-state index contributed by atoms with van der Waals surface area (Å²) in [5, 5.41) is 9.59. The minimum absolute atomic E-state index is 0.486. The average Bonchev–Trinajstić information content (AvgIpc) is 1.63. The van der Waals surface area contributed by atoms with Crippen molar-refractivity contribution in [2.45, 2.75) is 0 Å². The first-order chi connectivity index (χ1) is 3.98. The molecule has 0 saturated carbocycles. The molecule has 5 nitrogen and oxygen atoms in total. The van der Waals surface area contributed by atoms with Gasteiger partial charge in [-0.1, -0.05) is 0 Å². The molecule has 0 aromatic heterocycles. The Balaban J connectivity index is 4.06. The van der Waals surface area contributed by atoms with Gasteiger partial charge in [-0.05, 0) is 17.0 Å². The zero-order chi connectivity index (χ0) is 7.49. The van der Waals surface area contributed by atoms with E-state index in [2.05, 4.69) is 0 Å². The molecule has 9 heavy (non-hydrogen) atoms. The molecule has 54 valence electrons. The summed E-state index contributed by atoms with van der Waals surface area (Å²) in [6, 6.07) is 0. The van der Waals surface area contributed by atoms with E-state index in [1.807, 2.05) is 0 Å². The lowest BCUT2D eigenvalue weighted by Crippen LogP contribution is -2.09. The Morgan fingerprint density at radius 3 is 2.22 bits per heavy atom. The van der Waals surface area contributed by atoms with Crippen molar-refractivity contribution in [3.63, 3.8) is 0 Å². The highest BCUT2D eigenvalue weighted by molar-refractivity contribution is 8.71. The summed E-state index contributed by atoms with van der Waals surface area (Å²) in [5.74, 6) is -0.992. The molecule has 0 spiro atoms. The van der Waals surface area contributed by atoms with E-state index in [0.29, 0.717) is 10.8 Å². The molecular formula is C2H5NO4S2. The topological polar surface area (TPSA) is 77.3 Å². The maximum Gasteiger partial charge on any atom is 0.311 e. The molecule has 0 bridgehead atoms. The van der Waals surface area contributed by atoms with Crippen molar-refractivity contribution in [1.82, 2.24) is 0 Å². The summed E-state index contributed by atoms with van der Waals surface area (Å²) in [5.41, 5.74) is 0. The fraction of sp³-hybridized carbons (Fsp3) is 1.00. The SMILES string of the molecule is CSS(=O)(=O)C[N+](=O)[O-]. The van der Waals surface area contributed by atoms with Gasteiger partial charge in [-0.15, -0.1) is 0 Å². The van der Waals surface area contributed by atoms with Gasteiger partial charge in [0.25, 0.3) is 8.87 Å². The number of hydrogen-bond donors (Lipinski definition) is 0. The molecule has 0 fully saturated rings. The molecule has 0 saturated heterocycles. The van der Waals surface area contributed by atoms with Crippen molar-refractivity contribution in [1.29, 1.82) is 0 Å². The first-order valence-corrected chi connectivity index (χ1v) is 5.27. The second-order valence-corrected chi connectivity index (χ2v) is 5.42. The molecule has 0 heterocycles. The Morgan fingerprint density at radius 2 is 2.11 bits per heavy atom. The summed E-state index contributed by atoms with van der Waals surface area (Å²) in [7, 11) is -3.02. The van der Waals surface area contributed by atoms with Crippen molar-refractivity contribution >= 4 is 19.7 Å². The lowest BCUT2D eigenvalue weighted by Gasteiger charge is -1.89. The van der Waals surface area contributed by atoms with Crippen LogP contribution in [0, 0.1) is 10.1 Å². The molecule has 7 heteroatoms. The first kappa shape index (κ1) is 8.70. The molecular weight excluding hydrogens is 166 g/mol. The molecule has 0 aromatic carbocycles. The van der Waals surface area contributed by atoms with Crippen LogP contribution in [0.15, 0.2) is 0 Å². The van der Waals surface area contributed by atoms with E-state index in [0.717, 1.165) is 0 Å². The van der Waals surface area contributed by atoms with Crippen LogP contribution in [-0.4, -0.2) is 25.5 Å². The van der Waals surface area contributed by atoms with Gasteiger partial charge in [0.1, 0.15) is 0 Å². The maximum absolute atomic E-state index is 10.3. The molecule has 0 radical (unpaired) electrons. The molecule has 0 aliphatic heterocycles. The van der Waals surface area contributed by atoms with Crippen LogP contribution < -0.4 is 0 Å². The monoisotopic (exact) mass is 171 g/mol. The average molecular weight is 171 g/mol. The second-order valence-electron chi connectivity index (χ2n) is 1.19. The van der Waals surface area contributed by atoms with E-state index in [1.54, 1.807) is 0 Å². The van der Waals surface area contributed by atoms with E-state index in [9.17, 15) is 18.5 Å². The normalized spacial score (nSPS) is 11.2. The smallest absolute Gasteiger partial charge is 0.263 e. The Hall–Kier alpha value is -0.300. The van der Waals surface area contributed by atoms with Crippen molar-refractivity contribution < 1.29 is 13.3 Å². The summed E-state index contributed by atoms with van der Waals surface area (Å²) in [4.78, 5) is 8.72. The van der Waals surface area contributed by atoms with Gasteiger partial charge in [-0.2, -0.15) is 0 Å². The first-order valence-electron chi connectivity index (χ1n) is 1.88. The predicted octanol–water partition coefficient (Wildman–Crippen LogP) is -0.0866. The third-order valence-electron chi connectivity index (χ3n) is 0.517. The van der Waals surface area contributed by atoms with Gasteiger partial charge >= 0.3 is 5.88 Å². The van der Waals surface area contributed by atoms with Crippen molar-refractivity contribution in [3.8, 4) is 0 Å². The van der Waals surface area contributed by atoms with Crippen LogP contribution in [0.5, 0.6) is 0 Å². The Labute approximate surface area is 55.9 Å². The zero-order valence-electron chi connectivity index (χ0n) is 4.60. The molecule has 0 amide bonds. The van der Waals surface area contributed by atoms with Crippen molar-refractivity contribution in [2.24, 2.45) is 0 Å². The fourth-order valence-electron chi connectivity index (χ4n) is 0.182. The van der Waals surface area contributed by atoms with Crippen LogP contribution in [0.2, 0.25) is 0 Å². The van der Waals surface area contributed by atoms with Gasteiger partial charge in [0.2, 0.25) is 0 Å². The third-order valence-corrected chi connectivity index (χ3v) is 3.39. The van der Waals surface area contributed by atoms with E-state index in [4.69, 9.17) is 0 Å². The van der Waals surface area contributed by atoms with E-state index >= 15 is 0 Å². The highest BCUT2D eigenvalue weighted by Gasteiger charge is 2.15. The second kappa shape index (κ2) is 3.02. The van der Waals surface area contributed by atoms with Crippen LogP contribution in [0.25, 0.3) is 0 Å². The molecule has 0 aliphatic carbocycles. The maximum atomic E-state index is 10.3. The Kier molecular flexibility index (Phi) is 2.92. The fourth-order valence-corrected chi connectivity index (χ4v) is 1.12. The molecule has 0 unspecified atom stereocenters. The van der Waals surface area contributed by atoms with E-state index < -0.39 is 19.7 Å². The largest absolute Gasteiger partial charge is 0.311 e. The third kappa shape index (κ3) is 4.22. The molecule has 0 aliphatic rings. The zero-order valence-corrected chi connectivity index (χ0v) is 6.24. The van der Waals surface area contributed by atoms with Crippen LogP contribution >= 0.6 is 10.8 Å². The van der Waals surface area contributed by atoms with Crippen LogP contribution in [-0.2, 0) is 8.87 Å². The molecule has 0 aromatic rings. The summed E-state index contributed by atoms with van der Waals surface area (Å²) in [6.07, 6.45) is 1.29. The van der Waals surface area contributed by atoms with E-state index in [-0.39, 0.29) is 0 Å². The van der Waals surface area contributed by atoms with Crippen molar-refractivity contribution in [2.75, 3.05) is 12.1 Å². The quantitative estimate of drug-likeness (QED) is 0.337.